The molecule has 0 bridgehead atoms. The molecule has 2 aromatic rings. The number of nitrogens with zero attached hydrogens (tertiary/aromatic N) is 2. The number of aliphatic hydroxyl groups is 1. The molecule has 0 aliphatic heterocycles. The summed E-state index contributed by atoms with van der Waals surface area (Å²) in [6.07, 6.45) is 5.94. The van der Waals surface area contributed by atoms with Gasteiger partial charge in [-0.3, -0.25) is 0 Å². The number of aliphatic hydroxyl groups excluding tert-OH is 1. The Hall–Kier alpha value is -1.81. The molecule has 0 radical (unpaired) electrons. The monoisotopic (exact) mass is 272 g/mol. The number of fused-ring (bicyclic) bond motifs is 1. The summed E-state index contributed by atoms with van der Waals surface area (Å²) in [6.45, 7) is 0.564. The standard InChI is InChI=1S/C16H20N2O2/c1-20-13-8-6-12(7-9-13)16(19)10-18-11-17-14-4-2-3-5-15(14)18/h6-9,11,16,19H,2-5,10H2,1H3. The van der Waals surface area contributed by atoms with Crippen LogP contribution in [-0.2, 0) is 19.4 Å². The summed E-state index contributed by atoms with van der Waals surface area (Å²) in [5, 5.41) is 10.4. The van der Waals surface area contributed by atoms with E-state index in [9.17, 15) is 5.11 Å². The zero-order chi connectivity index (χ0) is 13.9. The molecule has 1 heterocycles. The molecule has 20 heavy (non-hydrogen) atoms. The van der Waals surface area contributed by atoms with Gasteiger partial charge in [0.25, 0.3) is 0 Å². The average Bonchev–Trinajstić information content (AvgIpc) is 2.91. The Kier molecular flexibility index (Phi) is 3.74. The van der Waals surface area contributed by atoms with Crippen molar-refractivity contribution in [2.75, 3.05) is 7.11 Å². The van der Waals surface area contributed by atoms with Gasteiger partial charge in [-0.1, -0.05) is 12.1 Å². The topological polar surface area (TPSA) is 47.3 Å². The third-order valence-electron chi connectivity index (χ3n) is 3.98. The number of aromatic nitrogens is 2. The fourth-order valence-corrected chi connectivity index (χ4v) is 2.81. The fraction of sp³-hybridized carbons (Fsp3) is 0.438. The van der Waals surface area contributed by atoms with Crippen molar-refractivity contribution in [3.05, 3.63) is 47.5 Å². The van der Waals surface area contributed by atoms with Gasteiger partial charge in [0.05, 0.1) is 31.8 Å². The van der Waals surface area contributed by atoms with Crippen LogP contribution in [-0.4, -0.2) is 21.8 Å². The van der Waals surface area contributed by atoms with E-state index in [0.717, 1.165) is 24.2 Å². The number of hydrogen-bond donors (Lipinski definition) is 1. The number of aryl methyl sites for hydroxylation is 1. The van der Waals surface area contributed by atoms with Crippen LogP contribution in [0.2, 0.25) is 0 Å². The van der Waals surface area contributed by atoms with Crippen LogP contribution in [0.1, 0.15) is 35.9 Å². The summed E-state index contributed by atoms with van der Waals surface area (Å²) in [4.78, 5) is 4.46. The predicted molar refractivity (Wildman–Crippen MR) is 76.8 cm³/mol. The first kappa shape index (κ1) is 13.2. The molecule has 3 rings (SSSR count). The van der Waals surface area contributed by atoms with Crippen molar-refractivity contribution in [1.82, 2.24) is 9.55 Å². The molecule has 4 nitrogen and oxygen atoms in total. The molecule has 0 fully saturated rings. The van der Waals surface area contributed by atoms with E-state index in [0.29, 0.717) is 6.54 Å². The molecule has 0 spiro atoms. The van der Waals surface area contributed by atoms with Crippen LogP contribution < -0.4 is 4.74 Å². The summed E-state index contributed by atoms with van der Waals surface area (Å²) in [5.41, 5.74) is 3.41. The van der Waals surface area contributed by atoms with Crippen LogP contribution in [0.4, 0.5) is 0 Å². The van der Waals surface area contributed by atoms with Crippen molar-refractivity contribution in [3.63, 3.8) is 0 Å². The van der Waals surface area contributed by atoms with Crippen molar-refractivity contribution in [2.45, 2.75) is 38.3 Å². The third-order valence-corrected chi connectivity index (χ3v) is 3.98. The van der Waals surface area contributed by atoms with Gasteiger partial charge in [-0.05, 0) is 43.4 Å². The van der Waals surface area contributed by atoms with Gasteiger partial charge in [-0.2, -0.15) is 0 Å². The molecule has 1 aliphatic rings. The van der Waals surface area contributed by atoms with Crippen LogP contribution in [0.5, 0.6) is 5.75 Å². The molecule has 0 amide bonds. The molecule has 1 N–H and O–H groups in total. The minimum atomic E-state index is -0.513. The molecule has 1 unspecified atom stereocenters. The smallest absolute Gasteiger partial charge is 0.118 e. The number of methoxy groups -OCH3 is 1. The summed E-state index contributed by atoms with van der Waals surface area (Å²) in [7, 11) is 1.64. The second-order valence-electron chi connectivity index (χ2n) is 5.29. The normalized spacial score (nSPS) is 15.7. The van der Waals surface area contributed by atoms with Gasteiger partial charge in [0.1, 0.15) is 5.75 Å². The van der Waals surface area contributed by atoms with Gasteiger partial charge in [0.15, 0.2) is 0 Å². The van der Waals surface area contributed by atoms with Gasteiger partial charge in [0.2, 0.25) is 0 Å². The summed E-state index contributed by atoms with van der Waals surface area (Å²) >= 11 is 0. The van der Waals surface area contributed by atoms with E-state index < -0.39 is 6.10 Å². The summed E-state index contributed by atoms with van der Waals surface area (Å²) in [6, 6.07) is 7.57. The number of benzene rings is 1. The molecule has 0 saturated heterocycles. The Labute approximate surface area is 119 Å². The number of rotatable bonds is 4. The van der Waals surface area contributed by atoms with E-state index in [-0.39, 0.29) is 0 Å². The summed E-state index contributed by atoms with van der Waals surface area (Å²) < 4.78 is 7.23. The van der Waals surface area contributed by atoms with Crippen LogP contribution in [0.15, 0.2) is 30.6 Å². The predicted octanol–water partition coefficient (Wildman–Crippen LogP) is 2.50. The van der Waals surface area contributed by atoms with E-state index in [1.54, 1.807) is 7.11 Å². The van der Waals surface area contributed by atoms with Crippen LogP contribution in [0.3, 0.4) is 0 Å². The Bertz CT molecular complexity index is 575. The van der Waals surface area contributed by atoms with Crippen LogP contribution in [0.25, 0.3) is 0 Å². The highest BCUT2D eigenvalue weighted by Crippen LogP contribution is 2.23. The van der Waals surface area contributed by atoms with E-state index in [1.807, 2.05) is 30.6 Å². The Balaban J connectivity index is 1.74. The molecule has 4 heteroatoms. The maximum absolute atomic E-state index is 10.4. The van der Waals surface area contributed by atoms with Crippen molar-refractivity contribution in [1.29, 1.82) is 0 Å². The van der Waals surface area contributed by atoms with E-state index in [4.69, 9.17) is 4.74 Å². The lowest BCUT2D eigenvalue weighted by molar-refractivity contribution is 0.155. The zero-order valence-corrected chi connectivity index (χ0v) is 11.7. The zero-order valence-electron chi connectivity index (χ0n) is 11.7. The van der Waals surface area contributed by atoms with Crippen LogP contribution in [0, 0.1) is 0 Å². The molecule has 1 atom stereocenters. The van der Waals surface area contributed by atoms with Gasteiger partial charge in [-0.25, -0.2) is 4.98 Å². The van der Waals surface area contributed by atoms with Gasteiger partial charge in [-0.15, -0.1) is 0 Å². The third kappa shape index (κ3) is 2.56. The summed E-state index contributed by atoms with van der Waals surface area (Å²) in [5.74, 6) is 0.806. The Morgan fingerprint density at radius 2 is 2.00 bits per heavy atom. The van der Waals surface area contributed by atoms with Gasteiger partial charge in [0, 0.05) is 5.69 Å². The van der Waals surface area contributed by atoms with Crippen molar-refractivity contribution in [3.8, 4) is 5.75 Å². The highest BCUT2D eigenvalue weighted by molar-refractivity contribution is 5.28. The highest BCUT2D eigenvalue weighted by Gasteiger charge is 2.17. The molecule has 106 valence electrons. The SMILES string of the molecule is COc1ccc(C(O)Cn2cnc3c2CCCC3)cc1. The minimum absolute atomic E-state index is 0.513. The molecule has 0 saturated carbocycles. The highest BCUT2D eigenvalue weighted by atomic mass is 16.5. The molecular formula is C16H20N2O2. The minimum Gasteiger partial charge on any atom is -0.497 e. The fourth-order valence-electron chi connectivity index (χ4n) is 2.81. The van der Waals surface area contributed by atoms with Gasteiger partial charge < -0.3 is 14.4 Å². The maximum Gasteiger partial charge on any atom is 0.118 e. The molecule has 1 aliphatic carbocycles. The largest absolute Gasteiger partial charge is 0.497 e. The maximum atomic E-state index is 10.4. The number of imidazole rings is 1. The first-order valence-corrected chi connectivity index (χ1v) is 7.13. The number of hydrogen-bond acceptors (Lipinski definition) is 3. The molecule has 1 aromatic heterocycles. The van der Waals surface area contributed by atoms with E-state index >= 15 is 0 Å². The lowest BCUT2D eigenvalue weighted by atomic mass is 10.0. The average molecular weight is 272 g/mol. The first-order valence-electron chi connectivity index (χ1n) is 7.13. The van der Waals surface area contributed by atoms with E-state index in [2.05, 4.69) is 9.55 Å². The van der Waals surface area contributed by atoms with Crippen molar-refractivity contribution < 1.29 is 9.84 Å². The second kappa shape index (κ2) is 5.67. The Morgan fingerprint density at radius 1 is 1.25 bits per heavy atom. The van der Waals surface area contributed by atoms with Crippen molar-refractivity contribution >= 4 is 0 Å². The Morgan fingerprint density at radius 3 is 2.75 bits per heavy atom. The van der Waals surface area contributed by atoms with Gasteiger partial charge >= 0.3 is 0 Å². The first-order chi connectivity index (χ1) is 9.78. The van der Waals surface area contributed by atoms with E-state index in [1.165, 1.54) is 24.2 Å². The second-order valence-corrected chi connectivity index (χ2v) is 5.29. The van der Waals surface area contributed by atoms with Crippen molar-refractivity contribution in [2.24, 2.45) is 0 Å². The quantitative estimate of drug-likeness (QED) is 0.930. The number of ether oxygens (including phenoxy) is 1. The molecular weight excluding hydrogens is 252 g/mol. The lowest BCUT2D eigenvalue weighted by Gasteiger charge is -2.17. The molecule has 1 aromatic carbocycles. The van der Waals surface area contributed by atoms with Crippen LogP contribution >= 0.6 is 0 Å². The lowest BCUT2D eigenvalue weighted by Crippen LogP contribution is -2.13.